The number of nitrogens with zero attached hydrogens (tertiary/aromatic N) is 1. The molecule has 0 aromatic heterocycles. The zero-order chi connectivity index (χ0) is 12.4. The van der Waals surface area contributed by atoms with Crippen molar-refractivity contribution in [2.45, 2.75) is 50.7 Å². The molecule has 3 nitrogen and oxygen atoms in total. The molecule has 2 saturated carbocycles. The van der Waals surface area contributed by atoms with Gasteiger partial charge < -0.3 is 14.4 Å². The van der Waals surface area contributed by atoms with Gasteiger partial charge in [0.2, 0.25) is 0 Å². The minimum atomic E-state index is 0.373. The topological polar surface area (TPSA) is 21.7 Å². The maximum atomic E-state index is 5.77. The Morgan fingerprint density at radius 1 is 1.17 bits per heavy atom. The van der Waals surface area contributed by atoms with Crippen LogP contribution in [0.1, 0.15) is 38.5 Å². The predicted molar refractivity (Wildman–Crippen MR) is 71.7 cm³/mol. The van der Waals surface area contributed by atoms with E-state index in [0.29, 0.717) is 6.10 Å². The molecule has 1 atom stereocenters. The Labute approximate surface area is 111 Å². The smallest absolute Gasteiger partial charge is 0.0809 e. The van der Waals surface area contributed by atoms with E-state index < -0.39 is 0 Å². The third-order valence-corrected chi connectivity index (χ3v) is 4.64. The standard InChI is InChI=1S/C15H27NO2/c1-16(15(12-4-5-12)13-6-7-13)8-10-17-11-14-3-2-9-18-14/h12-15H,2-11H2,1H3. The average molecular weight is 253 g/mol. The molecule has 3 heteroatoms. The number of ether oxygens (including phenoxy) is 2. The summed E-state index contributed by atoms with van der Waals surface area (Å²) >= 11 is 0. The summed E-state index contributed by atoms with van der Waals surface area (Å²) in [6.07, 6.45) is 8.61. The summed E-state index contributed by atoms with van der Waals surface area (Å²) in [6, 6.07) is 0.858. The van der Waals surface area contributed by atoms with Crippen LogP contribution in [0.4, 0.5) is 0 Å². The molecule has 0 amide bonds. The molecule has 0 spiro atoms. The van der Waals surface area contributed by atoms with Crippen LogP contribution in [-0.2, 0) is 9.47 Å². The Morgan fingerprint density at radius 3 is 2.44 bits per heavy atom. The van der Waals surface area contributed by atoms with Crippen molar-refractivity contribution in [1.82, 2.24) is 4.90 Å². The van der Waals surface area contributed by atoms with Gasteiger partial charge in [-0.1, -0.05) is 0 Å². The zero-order valence-corrected chi connectivity index (χ0v) is 11.6. The summed E-state index contributed by atoms with van der Waals surface area (Å²) in [6.45, 7) is 3.68. The van der Waals surface area contributed by atoms with Crippen molar-refractivity contribution in [2.24, 2.45) is 11.8 Å². The van der Waals surface area contributed by atoms with Crippen LogP contribution in [0.5, 0.6) is 0 Å². The molecule has 0 bridgehead atoms. The fourth-order valence-electron chi connectivity index (χ4n) is 3.33. The van der Waals surface area contributed by atoms with Crippen LogP contribution in [0, 0.1) is 11.8 Å². The Kier molecular flexibility index (Phi) is 4.22. The summed E-state index contributed by atoms with van der Waals surface area (Å²) in [5.41, 5.74) is 0. The molecule has 0 aromatic carbocycles. The van der Waals surface area contributed by atoms with E-state index in [1.165, 1.54) is 38.5 Å². The quantitative estimate of drug-likeness (QED) is 0.620. The lowest BCUT2D eigenvalue weighted by Crippen LogP contribution is -2.37. The third-order valence-electron chi connectivity index (χ3n) is 4.64. The van der Waals surface area contributed by atoms with E-state index in [2.05, 4.69) is 11.9 Å². The Morgan fingerprint density at radius 2 is 1.89 bits per heavy atom. The predicted octanol–water partition coefficient (Wildman–Crippen LogP) is 2.30. The van der Waals surface area contributed by atoms with Crippen molar-refractivity contribution >= 4 is 0 Å². The molecule has 0 aromatic rings. The molecule has 1 unspecified atom stereocenters. The van der Waals surface area contributed by atoms with Crippen LogP contribution in [-0.4, -0.2) is 50.5 Å². The summed E-state index contributed by atoms with van der Waals surface area (Å²) in [7, 11) is 2.29. The van der Waals surface area contributed by atoms with Crippen molar-refractivity contribution in [3.63, 3.8) is 0 Å². The van der Waals surface area contributed by atoms with Crippen LogP contribution in [0.3, 0.4) is 0 Å². The lowest BCUT2D eigenvalue weighted by atomic mass is 10.1. The summed E-state index contributed by atoms with van der Waals surface area (Å²) in [5, 5.41) is 0. The van der Waals surface area contributed by atoms with Crippen molar-refractivity contribution in [3.05, 3.63) is 0 Å². The van der Waals surface area contributed by atoms with E-state index in [4.69, 9.17) is 9.47 Å². The fourth-order valence-corrected chi connectivity index (χ4v) is 3.33. The van der Waals surface area contributed by atoms with Gasteiger partial charge in [0, 0.05) is 19.2 Å². The Balaban J connectivity index is 1.31. The lowest BCUT2D eigenvalue weighted by Gasteiger charge is -2.28. The normalized spacial score (nSPS) is 28.5. The largest absolute Gasteiger partial charge is 0.377 e. The molecule has 1 saturated heterocycles. The molecule has 3 rings (SSSR count). The van der Waals surface area contributed by atoms with Crippen LogP contribution >= 0.6 is 0 Å². The van der Waals surface area contributed by atoms with E-state index in [1.807, 2.05) is 0 Å². The molecule has 18 heavy (non-hydrogen) atoms. The molecule has 3 aliphatic rings. The highest BCUT2D eigenvalue weighted by molar-refractivity contribution is 4.96. The fraction of sp³-hybridized carbons (Fsp3) is 1.00. The van der Waals surface area contributed by atoms with E-state index >= 15 is 0 Å². The first-order valence-electron chi connectivity index (χ1n) is 7.74. The number of hydrogen-bond acceptors (Lipinski definition) is 3. The van der Waals surface area contributed by atoms with Gasteiger partial charge in [0.15, 0.2) is 0 Å². The van der Waals surface area contributed by atoms with Crippen molar-refractivity contribution in [1.29, 1.82) is 0 Å². The maximum Gasteiger partial charge on any atom is 0.0809 e. The number of hydrogen-bond donors (Lipinski definition) is 0. The van der Waals surface area contributed by atoms with Gasteiger partial charge >= 0.3 is 0 Å². The number of rotatable bonds is 8. The summed E-state index contributed by atoms with van der Waals surface area (Å²) < 4.78 is 11.3. The second-order valence-corrected chi connectivity index (χ2v) is 6.36. The number of likely N-dealkylation sites (N-methyl/N-ethyl adjacent to an activating group) is 1. The first-order chi connectivity index (χ1) is 8.84. The third kappa shape index (κ3) is 3.46. The molecule has 1 heterocycles. The highest BCUT2D eigenvalue weighted by Crippen LogP contribution is 2.46. The Bertz CT molecular complexity index is 245. The van der Waals surface area contributed by atoms with Crippen molar-refractivity contribution in [2.75, 3.05) is 33.4 Å². The van der Waals surface area contributed by atoms with Gasteiger partial charge in [-0.2, -0.15) is 0 Å². The molecule has 3 fully saturated rings. The summed E-state index contributed by atoms with van der Waals surface area (Å²) in [5.74, 6) is 2.00. The SMILES string of the molecule is CN(CCOCC1CCCO1)C(C1CC1)C1CC1. The highest BCUT2D eigenvalue weighted by Gasteiger charge is 2.43. The first-order valence-corrected chi connectivity index (χ1v) is 7.74. The summed E-state index contributed by atoms with van der Waals surface area (Å²) in [4.78, 5) is 2.56. The average Bonchev–Trinajstić information content (AvgIpc) is 3.29. The molecule has 1 aliphatic heterocycles. The minimum absolute atomic E-state index is 0.373. The van der Waals surface area contributed by atoms with Crippen LogP contribution in [0.15, 0.2) is 0 Å². The highest BCUT2D eigenvalue weighted by atomic mass is 16.5. The van der Waals surface area contributed by atoms with E-state index in [1.54, 1.807) is 0 Å². The van der Waals surface area contributed by atoms with Crippen LogP contribution < -0.4 is 0 Å². The molecule has 104 valence electrons. The van der Waals surface area contributed by atoms with Crippen LogP contribution in [0.2, 0.25) is 0 Å². The lowest BCUT2D eigenvalue weighted by molar-refractivity contribution is 0.00778. The van der Waals surface area contributed by atoms with Gasteiger partial charge in [-0.3, -0.25) is 0 Å². The molecule has 0 N–H and O–H groups in total. The van der Waals surface area contributed by atoms with E-state index in [9.17, 15) is 0 Å². The molecular weight excluding hydrogens is 226 g/mol. The van der Waals surface area contributed by atoms with Gasteiger partial charge in [-0.15, -0.1) is 0 Å². The molecular formula is C15H27NO2. The van der Waals surface area contributed by atoms with Gasteiger partial charge in [-0.25, -0.2) is 0 Å². The van der Waals surface area contributed by atoms with Gasteiger partial charge in [0.25, 0.3) is 0 Å². The van der Waals surface area contributed by atoms with Crippen molar-refractivity contribution in [3.8, 4) is 0 Å². The van der Waals surface area contributed by atoms with E-state index in [-0.39, 0.29) is 0 Å². The molecule has 0 radical (unpaired) electrons. The molecule has 2 aliphatic carbocycles. The minimum Gasteiger partial charge on any atom is -0.377 e. The second-order valence-electron chi connectivity index (χ2n) is 6.36. The maximum absolute atomic E-state index is 5.77. The van der Waals surface area contributed by atoms with Gasteiger partial charge in [0.1, 0.15) is 0 Å². The second kappa shape index (κ2) is 5.89. The monoisotopic (exact) mass is 253 g/mol. The van der Waals surface area contributed by atoms with Crippen molar-refractivity contribution < 1.29 is 9.47 Å². The Hall–Kier alpha value is -0.120. The van der Waals surface area contributed by atoms with Crippen LogP contribution in [0.25, 0.3) is 0 Å². The first kappa shape index (κ1) is 12.9. The van der Waals surface area contributed by atoms with Gasteiger partial charge in [-0.05, 0) is 57.4 Å². The van der Waals surface area contributed by atoms with Gasteiger partial charge in [0.05, 0.1) is 19.3 Å². The van der Waals surface area contributed by atoms with E-state index in [0.717, 1.165) is 44.2 Å². The zero-order valence-electron chi connectivity index (χ0n) is 11.6.